The van der Waals surface area contributed by atoms with E-state index in [-0.39, 0.29) is 19.4 Å². The van der Waals surface area contributed by atoms with E-state index in [1.165, 1.54) is 64.2 Å². The number of phosphoric acid groups is 1. The number of hydrogen-bond donors (Lipinski definition) is 2. The predicted molar refractivity (Wildman–Crippen MR) is 184 cm³/mol. The van der Waals surface area contributed by atoms with Gasteiger partial charge in [0.25, 0.3) is 0 Å². The summed E-state index contributed by atoms with van der Waals surface area (Å²) in [6.45, 7) is 3.61. The summed E-state index contributed by atoms with van der Waals surface area (Å²) in [6.07, 6.45) is 34.7. The lowest BCUT2D eigenvalue weighted by atomic mass is 10.1. The van der Waals surface area contributed by atoms with Gasteiger partial charge in [-0.3, -0.25) is 14.1 Å². The minimum absolute atomic E-state index is 0.202. The lowest BCUT2D eigenvalue weighted by Gasteiger charge is -2.18. The summed E-state index contributed by atoms with van der Waals surface area (Å²) in [5, 5.41) is 0. The maximum absolute atomic E-state index is 12.3. The summed E-state index contributed by atoms with van der Waals surface area (Å²) < 4.78 is 26.2. The van der Waals surface area contributed by atoms with Crippen LogP contribution in [0.2, 0.25) is 0 Å². The summed E-state index contributed by atoms with van der Waals surface area (Å²) in [5.74, 6) is -0.905. The highest BCUT2D eigenvalue weighted by Crippen LogP contribution is 2.36. The predicted octanol–water partition coefficient (Wildman–Crippen LogP) is 10.5. The molecule has 0 amide bonds. The molecule has 1 unspecified atom stereocenters. The molecule has 0 saturated carbocycles. The van der Waals surface area contributed by atoms with Crippen LogP contribution in [0.15, 0.2) is 24.3 Å². The minimum atomic E-state index is -4.75. The van der Waals surface area contributed by atoms with Crippen molar-refractivity contribution in [2.45, 2.75) is 180 Å². The third-order valence-electron chi connectivity index (χ3n) is 7.69. The normalized spacial score (nSPS) is 12.7. The van der Waals surface area contributed by atoms with E-state index in [0.717, 1.165) is 70.6 Å². The molecule has 264 valence electrons. The first-order valence-electron chi connectivity index (χ1n) is 18.1. The van der Waals surface area contributed by atoms with Crippen LogP contribution in [0.3, 0.4) is 0 Å². The molecule has 45 heavy (non-hydrogen) atoms. The van der Waals surface area contributed by atoms with E-state index in [2.05, 4.69) is 42.7 Å². The molecule has 0 aromatic carbocycles. The van der Waals surface area contributed by atoms with Crippen molar-refractivity contribution in [2.75, 3.05) is 13.2 Å². The summed E-state index contributed by atoms with van der Waals surface area (Å²) in [4.78, 5) is 42.6. The first kappa shape index (κ1) is 43.5. The van der Waals surface area contributed by atoms with E-state index in [0.29, 0.717) is 12.8 Å². The van der Waals surface area contributed by atoms with Gasteiger partial charge >= 0.3 is 19.8 Å². The van der Waals surface area contributed by atoms with Gasteiger partial charge in [-0.2, -0.15) is 0 Å². The van der Waals surface area contributed by atoms with Crippen molar-refractivity contribution in [3.05, 3.63) is 24.3 Å². The minimum Gasteiger partial charge on any atom is -0.462 e. The summed E-state index contributed by atoms with van der Waals surface area (Å²) in [6, 6.07) is 0. The quantitative estimate of drug-likeness (QED) is 0.0309. The van der Waals surface area contributed by atoms with Crippen LogP contribution >= 0.6 is 7.82 Å². The van der Waals surface area contributed by atoms with Crippen molar-refractivity contribution in [1.29, 1.82) is 0 Å². The number of phosphoric ester groups is 1. The highest BCUT2D eigenvalue weighted by Gasteiger charge is 2.22. The molecule has 0 aliphatic heterocycles. The fourth-order valence-electron chi connectivity index (χ4n) is 4.94. The van der Waals surface area contributed by atoms with Gasteiger partial charge in [-0.1, -0.05) is 128 Å². The van der Waals surface area contributed by atoms with Crippen molar-refractivity contribution in [3.63, 3.8) is 0 Å². The Labute approximate surface area is 275 Å². The molecule has 0 aromatic heterocycles. The largest absolute Gasteiger partial charge is 0.469 e. The van der Waals surface area contributed by atoms with E-state index in [4.69, 9.17) is 19.3 Å². The van der Waals surface area contributed by atoms with Crippen LogP contribution in [0, 0.1) is 0 Å². The van der Waals surface area contributed by atoms with Gasteiger partial charge in [0.15, 0.2) is 6.10 Å². The second-order valence-corrected chi connectivity index (χ2v) is 13.4. The average Bonchev–Trinajstić information content (AvgIpc) is 3.00. The SMILES string of the molecule is CCCC/C=C\CCCCCCCC(=O)OCC(COP(=O)(O)O)OC(=O)CCCCCCC/C=C\CCCCCCCCC. The Morgan fingerprint density at radius 2 is 0.956 bits per heavy atom. The summed E-state index contributed by atoms with van der Waals surface area (Å²) in [7, 11) is -4.75. The Morgan fingerprint density at radius 3 is 1.42 bits per heavy atom. The van der Waals surface area contributed by atoms with E-state index in [1.807, 2.05) is 0 Å². The number of allylic oxidation sites excluding steroid dienone is 4. The van der Waals surface area contributed by atoms with Gasteiger partial charge < -0.3 is 19.3 Å². The second-order valence-electron chi connectivity index (χ2n) is 12.2. The molecule has 1 atom stereocenters. The molecule has 0 saturated heterocycles. The maximum atomic E-state index is 12.3. The molecule has 0 heterocycles. The van der Waals surface area contributed by atoms with Crippen molar-refractivity contribution in [3.8, 4) is 0 Å². The zero-order valence-corrected chi connectivity index (χ0v) is 29.7. The zero-order chi connectivity index (χ0) is 33.3. The molecule has 0 spiro atoms. The fourth-order valence-corrected chi connectivity index (χ4v) is 5.30. The van der Waals surface area contributed by atoms with E-state index < -0.39 is 32.5 Å². The number of hydrogen-bond acceptors (Lipinski definition) is 6. The summed E-state index contributed by atoms with van der Waals surface area (Å²) >= 11 is 0. The molecule has 0 radical (unpaired) electrons. The Balaban J connectivity index is 3.99. The third-order valence-corrected chi connectivity index (χ3v) is 8.18. The molecule has 0 rings (SSSR count). The number of ether oxygens (including phenoxy) is 2. The van der Waals surface area contributed by atoms with Crippen LogP contribution in [0.5, 0.6) is 0 Å². The van der Waals surface area contributed by atoms with Crippen LogP contribution in [0.4, 0.5) is 0 Å². The molecule has 0 aliphatic rings. The topological polar surface area (TPSA) is 119 Å². The molecule has 0 bridgehead atoms. The molecule has 0 aromatic rings. The number of carbonyl (C=O) groups is 2. The van der Waals surface area contributed by atoms with Gasteiger partial charge in [0.2, 0.25) is 0 Å². The molecule has 2 N–H and O–H groups in total. The highest BCUT2D eigenvalue weighted by molar-refractivity contribution is 7.46. The first-order valence-corrected chi connectivity index (χ1v) is 19.7. The smallest absolute Gasteiger partial charge is 0.462 e. The molecule has 0 aliphatic carbocycles. The first-order chi connectivity index (χ1) is 21.8. The molecule has 8 nitrogen and oxygen atoms in total. The Hall–Kier alpha value is -1.47. The number of rotatable bonds is 33. The van der Waals surface area contributed by atoms with Crippen LogP contribution in [-0.2, 0) is 28.2 Å². The van der Waals surface area contributed by atoms with E-state index in [1.54, 1.807) is 0 Å². The molecule has 9 heteroatoms. The van der Waals surface area contributed by atoms with Crippen LogP contribution < -0.4 is 0 Å². The Morgan fingerprint density at radius 1 is 0.556 bits per heavy atom. The van der Waals surface area contributed by atoms with Gasteiger partial charge in [0, 0.05) is 12.8 Å². The zero-order valence-electron chi connectivity index (χ0n) is 28.8. The Bertz CT molecular complexity index is 792. The third kappa shape index (κ3) is 35.2. The number of esters is 2. The van der Waals surface area contributed by atoms with Gasteiger partial charge in [-0.05, 0) is 57.8 Å². The summed E-state index contributed by atoms with van der Waals surface area (Å²) in [5.41, 5.74) is 0. The number of unbranched alkanes of at least 4 members (excludes halogenated alkanes) is 19. The lowest BCUT2D eigenvalue weighted by Crippen LogP contribution is -2.29. The van der Waals surface area contributed by atoms with Gasteiger partial charge in [-0.25, -0.2) is 4.57 Å². The van der Waals surface area contributed by atoms with E-state index >= 15 is 0 Å². The molecule has 0 fully saturated rings. The molecular formula is C36H67O8P. The van der Waals surface area contributed by atoms with Crippen molar-refractivity contribution in [2.24, 2.45) is 0 Å². The van der Waals surface area contributed by atoms with Crippen LogP contribution in [0.1, 0.15) is 174 Å². The monoisotopic (exact) mass is 658 g/mol. The van der Waals surface area contributed by atoms with Gasteiger partial charge in [0.05, 0.1) is 6.61 Å². The molecular weight excluding hydrogens is 591 g/mol. The Kier molecular flexibility index (Phi) is 31.4. The second kappa shape index (κ2) is 32.5. The van der Waals surface area contributed by atoms with Crippen molar-refractivity contribution in [1.82, 2.24) is 0 Å². The standard InChI is InChI=1S/C36H67O8P/c1-3-5-7-9-11-13-15-16-17-18-19-21-23-25-27-29-31-36(38)44-34(33-43-45(39,40)41)32-42-35(37)30-28-26-24-22-20-14-12-10-8-6-4-2/h10,12,17-18,34H,3-9,11,13-16,19-33H2,1-2H3,(H2,39,40,41)/b12-10-,18-17-. The fraction of sp³-hybridized carbons (Fsp3) is 0.833. The van der Waals surface area contributed by atoms with Crippen LogP contribution in [0.25, 0.3) is 0 Å². The van der Waals surface area contributed by atoms with Crippen molar-refractivity contribution < 1.29 is 37.9 Å². The van der Waals surface area contributed by atoms with Crippen molar-refractivity contribution >= 4 is 19.8 Å². The average molecular weight is 659 g/mol. The van der Waals surface area contributed by atoms with Gasteiger partial charge in [0.1, 0.15) is 6.61 Å². The maximum Gasteiger partial charge on any atom is 0.469 e. The lowest BCUT2D eigenvalue weighted by molar-refractivity contribution is -0.161. The highest BCUT2D eigenvalue weighted by atomic mass is 31.2. The van der Waals surface area contributed by atoms with Crippen LogP contribution in [-0.4, -0.2) is 41.0 Å². The van der Waals surface area contributed by atoms with Gasteiger partial charge in [-0.15, -0.1) is 0 Å². The van der Waals surface area contributed by atoms with E-state index in [9.17, 15) is 14.2 Å². The number of carbonyl (C=O) groups excluding carboxylic acids is 2.